The van der Waals surface area contributed by atoms with Crippen molar-refractivity contribution in [3.8, 4) is 22.4 Å². The summed E-state index contributed by atoms with van der Waals surface area (Å²) in [7, 11) is 1.98. The van der Waals surface area contributed by atoms with Gasteiger partial charge in [0, 0.05) is 13.0 Å². The molecule has 0 amide bonds. The first-order valence-electron chi connectivity index (χ1n) is 9.64. The maximum atomic E-state index is 13.9. The van der Waals surface area contributed by atoms with Crippen molar-refractivity contribution in [3.05, 3.63) is 89.3 Å². The van der Waals surface area contributed by atoms with Crippen LogP contribution in [0.25, 0.3) is 33.2 Å². The first-order valence-corrected chi connectivity index (χ1v) is 9.14. The van der Waals surface area contributed by atoms with Crippen molar-refractivity contribution >= 4 is 10.8 Å². The molecule has 0 aliphatic rings. The zero-order valence-electron chi connectivity index (χ0n) is 17.1. The minimum absolute atomic E-state index is 0.314. The zero-order chi connectivity index (χ0) is 20.0. The minimum atomic E-state index is -0.314. The molecule has 0 fully saturated rings. The van der Waals surface area contributed by atoms with E-state index in [0.717, 1.165) is 27.9 Å². The van der Waals surface area contributed by atoms with Gasteiger partial charge in [0.1, 0.15) is 12.9 Å². The summed E-state index contributed by atoms with van der Waals surface area (Å²) in [6, 6.07) is 19.9. The van der Waals surface area contributed by atoms with Crippen molar-refractivity contribution in [2.75, 3.05) is 0 Å². The Morgan fingerprint density at radius 1 is 0.889 bits per heavy atom. The number of hydrogen-bond donors (Lipinski definition) is 0. The van der Waals surface area contributed by atoms with Crippen LogP contribution in [0.3, 0.4) is 0 Å². The lowest BCUT2D eigenvalue weighted by Gasteiger charge is -2.14. The quantitative estimate of drug-likeness (QED) is 0.384. The lowest BCUT2D eigenvalue weighted by Crippen LogP contribution is -2.35. The van der Waals surface area contributed by atoms with E-state index in [4.69, 9.17) is 1.37 Å². The SMILES string of the molecule is [2H]c1c(C)[n+](C)c(-c2cc(-c3ccccc3)cc(C)c2C)c2ccc(F)cc12. The minimum Gasteiger partial charge on any atom is -0.207 e. The highest BCUT2D eigenvalue weighted by Crippen LogP contribution is 2.34. The average molecular weight is 357 g/mol. The van der Waals surface area contributed by atoms with Gasteiger partial charge in [-0.15, -0.1) is 0 Å². The second-order valence-corrected chi connectivity index (χ2v) is 7.14. The van der Waals surface area contributed by atoms with Crippen LogP contribution >= 0.6 is 0 Å². The van der Waals surface area contributed by atoms with Gasteiger partial charge in [0.25, 0.3) is 0 Å². The van der Waals surface area contributed by atoms with Crippen molar-refractivity contribution in [3.63, 3.8) is 0 Å². The third-order valence-electron chi connectivity index (χ3n) is 5.42. The molecule has 0 atom stereocenters. The van der Waals surface area contributed by atoms with Crippen molar-refractivity contribution < 1.29 is 10.3 Å². The number of aryl methyl sites for hydroxylation is 1. The summed E-state index contributed by atoms with van der Waals surface area (Å²) >= 11 is 0. The van der Waals surface area contributed by atoms with Gasteiger partial charge in [0.05, 0.1) is 12.3 Å². The molecule has 0 spiro atoms. The molecule has 134 valence electrons. The van der Waals surface area contributed by atoms with E-state index in [1.807, 2.05) is 32.2 Å². The van der Waals surface area contributed by atoms with Crippen LogP contribution in [0.4, 0.5) is 4.39 Å². The van der Waals surface area contributed by atoms with Gasteiger partial charge in [-0.1, -0.05) is 36.4 Å². The summed E-state index contributed by atoms with van der Waals surface area (Å²) in [5.41, 5.74) is 7.66. The number of pyridine rings is 1. The zero-order valence-corrected chi connectivity index (χ0v) is 16.1. The van der Waals surface area contributed by atoms with Gasteiger partial charge in [0.15, 0.2) is 5.69 Å². The van der Waals surface area contributed by atoms with Gasteiger partial charge in [-0.25, -0.2) is 4.39 Å². The van der Waals surface area contributed by atoms with E-state index in [-0.39, 0.29) is 5.82 Å². The molecule has 0 unspecified atom stereocenters. The average Bonchev–Trinajstić information content (AvgIpc) is 2.70. The first-order chi connectivity index (χ1) is 13.4. The van der Waals surface area contributed by atoms with E-state index in [1.165, 1.54) is 28.8 Å². The summed E-state index contributed by atoms with van der Waals surface area (Å²) in [6.45, 7) is 6.16. The molecule has 1 heterocycles. The third-order valence-corrected chi connectivity index (χ3v) is 5.42. The number of hydrogen-bond acceptors (Lipinski definition) is 0. The van der Waals surface area contributed by atoms with Crippen LogP contribution < -0.4 is 4.57 Å². The van der Waals surface area contributed by atoms with Crippen molar-refractivity contribution in [1.82, 2.24) is 0 Å². The molecule has 0 radical (unpaired) electrons. The summed E-state index contributed by atoms with van der Waals surface area (Å²) in [5.74, 6) is -0.314. The van der Waals surface area contributed by atoms with Crippen molar-refractivity contribution in [2.24, 2.45) is 7.05 Å². The predicted molar refractivity (Wildman–Crippen MR) is 110 cm³/mol. The van der Waals surface area contributed by atoms with Gasteiger partial charge < -0.3 is 0 Å². The molecule has 0 N–H and O–H groups in total. The van der Waals surface area contributed by atoms with Crippen LogP contribution in [0.1, 0.15) is 18.2 Å². The number of halogens is 1. The second kappa shape index (κ2) is 6.62. The predicted octanol–water partition coefficient (Wildman–Crippen LogP) is 6.06. The molecule has 0 saturated heterocycles. The van der Waals surface area contributed by atoms with Crippen molar-refractivity contribution in [1.29, 1.82) is 0 Å². The molecule has 4 aromatic rings. The Morgan fingerprint density at radius 2 is 1.63 bits per heavy atom. The smallest absolute Gasteiger partial charge is 0.207 e. The molecule has 0 bridgehead atoms. The summed E-state index contributed by atoms with van der Waals surface area (Å²) in [6.07, 6.45) is 0. The normalized spacial score (nSPS) is 11.7. The van der Waals surface area contributed by atoms with Gasteiger partial charge in [-0.3, -0.25) is 0 Å². The standard InChI is InChI=1S/C25H23FN/c1-16-12-20(19-8-6-5-7-9-19)15-24(18(16)3)25-23-11-10-22(26)14-21(23)13-17(2)27(25)4/h5-15H,1-4H3/q+1/i13D. The molecule has 27 heavy (non-hydrogen) atoms. The Morgan fingerprint density at radius 3 is 2.37 bits per heavy atom. The van der Waals surface area contributed by atoms with E-state index < -0.39 is 0 Å². The monoisotopic (exact) mass is 357 g/mol. The van der Waals surface area contributed by atoms with Gasteiger partial charge >= 0.3 is 0 Å². The Bertz CT molecular complexity index is 1210. The number of rotatable bonds is 2. The van der Waals surface area contributed by atoms with E-state index in [2.05, 4.69) is 42.7 Å². The largest absolute Gasteiger partial charge is 0.220 e. The van der Waals surface area contributed by atoms with Gasteiger partial charge in [0.2, 0.25) is 5.69 Å². The molecular weight excluding hydrogens is 333 g/mol. The Hall–Kier alpha value is -3.00. The fourth-order valence-corrected chi connectivity index (χ4v) is 3.68. The van der Waals surface area contributed by atoms with Crippen LogP contribution in [0.2, 0.25) is 0 Å². The summed E-state index contributed by atoms with van der Waals surface area (Å²) in [5, 5.41) is 1.54. The van der Waals surface area contributed by atoms with Gasteiger partial charge in [-0.05, 0) is 65.8 Å². The van der Waals surface area contributed by atoms with E-state index >= 15 is 0 Å². The molecule has 0 aliphatic heterocycles. The fourth-order valence-electron chi connectivity index (χ4n) is 3.68. The third kappa shape index (κ3) is 3.02. The van der Waals surface area contributed by atoms with E-state index in [9.17, 15) is 4.39 Å². The molecule has 2 heteroatoms. The van der Waals surface area contributed by atoms with Crippen LogP contribution in [0.15, 0.2) is 66.7 Å². The van der Waals surface area contributed by atoms with Crippen LogP contribution in [0, 0.1) is 26.6 Å². The Balaban J connectivity index is 2.10. The van der Waals surface area contributed by atoms with Crippen molar-refractivity contribution in [2.45, 2.75) is 20.8 Å². The van der Waals surface area contributed by atoms with Crippen LogP contribution in [0.5, 0.6) is 0 Å². The maximum absolute atomic E-state index is 13.9. The van der Waals surface area contributed by atoms with Gasteiger partial charge in [-0.2, -0.15) is 4.57 Å². The Kier molecular flexibility index (Phi) is 3.97. The molecule has 0 aliphatic carbocycles. The molecule has 1 aromatic heterocycles. The van der Waals surface area contributed by atoms with Crippen LogP contribution in [-0.2, 0) is 7.05 Å². The number of nitrogens with zero attached hydrogens (tertiary/aromatic N) is 1. The molecule has 0 saturated carbocycles. The highest BCUT2D eigenvalue weighted by atomic mass is 19.1. The number of aromatic nitrogens is 1. The molecule has 3 aromatic carbocycles. The summed E-state index contributed by atoms with van der Waals surface area (Å²) in [4.78, 5) is 0. The summed E-state index contributed by atoms with van der Waals surface area (Å²) < 4.78 is 24.4. The topological polar surface area (TPSA) is 3.88 Å². The lowest BCUT2D eigenvalue weighted by atomic mass is 9.91. The van der Waals surface area contributed by atoms with Crippen LogP contribution in [-0.4, -0.2) is 0 Å². The molecule has 1 nitrogen and oxygen atoms in total. The first kappa shape index (κ1) is 16.2. The maximum Gasteiger partial charge on any atom is 0.220 e. The lowest BCUT2D eigenvalue weighted by molar-refractivity contribution is -0.665. The molecular formula is C25H23FN+. The van der Waals surface area contributed by atoms with E-state index in [0.29, 0.717) is 11.4 Å². The molecule has 4 rings (SSSR count). The highest BCUT2D eigenvalue weighted by molar-refractivity contribution is 5.95. The highest BCUT2D eigenvalue weighted by Gasteiger charge is 2.21. The fraction of sp³-hybridized carbons (Fsp3) is 0.160. The number of fused-ring (bicyclic) bond motifs is 1. The van der Waals surface area contributed by atoms with E-state index in [1.54, 1.807) is 6.07 Å². The number of benzene rings is 3. The Labute approximate surface area is 161 Å². The second-order valence-electron chi connectivity index (χ2n) is 7.14.